The molecule has 4 N–H and O–H groups in total. The quantitative estimate of drug-likeness (QED) is 0.366. The van der Waals surface area contributed by atoms with E-state index in [0.717, 1.165) is 0 Å². The molecule has 2 rings (SSSR count). The van der Waals surface area contributed by atoms with Crippen LogP contribution in [0.2, 0.25) is 0 Å². The Balaban J connectivity index is 3.17. The molecular formula is C8H7N3O2S. The van der Waals surface area contributed by atoms with E-state index in [0.29, 0.717) is 4.90 Å². The van der Waals surface area contributed by atoms with Crippen molar-refractivity contribution in [2.45, 2.75) is 4.90 Å². The fourth-order valence-corrected chi connectivity index (χ4v) is 1.47. The minimum absolute atomic E-state index is 0.182. The summed E-state index contributed by atoms with van der Waals surface area (Å²) in [6, 6.07) is 3.09. The summed E-state index contributed by atoms with van der Waals surface area (Å²) in [5, 5.41) is 4.87. The van der Waals surface area contributed by atoms with E-state index in [1.165, 1.54) is 6.07 Å². The van der Waals surface area contributed by atoms with Crippen LogP contribution in [0.5, 0.6) is 0 Å². The number of fused-ring (bicyclic) bond motifs is 1. The zero-order valence-corrected chi connectivity index (χ0v) is 7.89. The third kappa shape index (κ3) is 1.12. The summed E-state index contributed by atoms with van der Waals surface area (Å²) < 4.78 is 0. The minimum atomic E-state index is -0.423. The summed E-state index contributed by atoms with van der Waals surface area (Å²) in [7, 11) is 0. The third-order valence-corrected chi connectivity index (χ3v) is 2.37. The highest BCUT2D eigenvalue weighted by Crippen LogP contribution is 2.21. The van der Waals surface area contributed by atoms with Crippen LogP contribution in [0.25, 0.3) is 10.8 Å². The molecule has 0 spiro atoms. The Morgan fingerprint density at radius 3 is 2.50 bits per heavy atom. The first-order chi connectivity index (χ1) is 6.61. The van der Waals surface area contributed by atoms with Crippen LogP contribution >= 0.6 is 12.6 Å². The Kier molecular flexibility index (Phi) is 1.85. The maximum Gasteiger partial charge on any atom is 0.272 e. The lowest BCUT2D eigenvalue weighted by Gasteiger charge is -2.01. The van der Waals surface area contributed by atoms with E-state index in [4.69, 9.17) is 5.73 Å². The highest BCUT2D eigenvalue weighted by molar-refractivity contribution is 7.80. The van der Waals surface area contributed by atoms with Crippen molar-refractivity contribution in [2.75, 3.05) is 5.73 Å². The van der Waals surface area contributed by atoms with Crippen LogP contribution in [0.15, 0.2) is 26.6 Å². The summed E-state index contributed by atoms with van der Waals surface area (Å²) >= 11 is 4.07. The van der Waals surface area contributed by atoms with Gasteiger partial charge in [-0.25, -0.2) is 0 Å². The van der Waals surface area contributed by atoms with Gasteiger partial charge in [0.15, 0.2) is 0 Å². The number of anilines is 1. The van der Waals surface area contributed by atoms with E-state index in [2.05, 4.69) is 22.8 Å². The Morgan fingerprint density at radius 1 is 1.14 bits per heavy atom. The molecule has 0 fully saturated rings. The van der Waals surface area contributed by atoms with Crippen molar-refractivity contribution in [3.05, 3.63) is 32.8 Å². The molecule has 0 amide bonds. The average molecular weight is 209 g/mol. The lowest BCUT2D eigenvalue weighted by atomic mass is 10.1. The van der Waals surface area contributed by atoms with Gasteiger partial charge >= 0.3 is 0 Å². The second kappa shape index (κ2) is 2.91. The predicted octanol–water partition coefficient (Wildman–Crippen LogP) is 0.0873. The largest absolute Gasteiger partial charge is 0.397 e. The van der Waals surface area contributed by atoms with Gasteiger partial charge in [-0.15, -0.1) is 12.6 Å². The molecule has 0 aliphatic rings. The van der Waals surface area contributed by atoms with Crippen LogP contribution in [0, 0.1) is 0 Å². The molecule has 0 unspecified atom stereocenters. The van der Waals surface area contributed by atoms with Crippen molar-refractivity contribution in [3.8, 4) is 0 Å². The zero-order valence-electron chi connectivity index (χ0n) is 7.00. The van der Waals surface area contributed by atoms with Gasteiger partial charge in [-0.05, 0) is 12.1 Å². The number of benzene rings is 1. The summed E-state index contributed by atoms with van der Waals surface area (Å²) in [5.41, 5.74) is 5.06. The number of hydrogen-bond acceptors (Lipinski definition) is 4. The van der Waals surface area contributed by atoms with Crippen LogP contribution in [-0.2, 0) is 0 Å². The van der Waals surface area contributed by atoms with E-state index >= 15 is 0 Å². The zero-order chi connectivity index (χ0) is 10.3. The molecule has 72 valence electrons. The number of rotatable bonds is 0. The van der Waals surface area contributed by atoms with E-state index in [-0.39, 0.29) is 22.0 Å². The Bertz CT molecular complexity index is 614. The van der Waals surface area contributed by atoms with Crippen molar-refractivity contribution in [2.24, 2.45) is 0 Å². The first-order valence-electron chi connectivity index (χ1n) is 3.83. The van der Waals surface area contributed by atoms with Crippen LogP contribution in [0.4, 0.5) is 5.69 Å². The van der Waals surface area contributed by atoms with Gasteiger partial charge in [0.2, 0.25) is 0 Å². The molecule has 0 aliphatic heterocycles. The molecule has 5 nitrogen and oxygen atoms in total. The summed E-state index contributed by atoms with van der Waals surface area (Å²) in [6.07, 6.45) is 0. The Morgan fingerprint density at radius 2 is 1.79 bits per heavy atom. The number of aromatic amines is 2. The fourth-order valence-electron chi connectivity index (χ4n) is 1.29. The smallest absolute Gasteiger partial charge is 0.272 e. The van der Waals surface area contributed by atoms with Gasteiger partial charge in [0, 0.05) is 4.90 Å². The molecule has 6 heteroatoms. The highest BCUT2D eigenvalue weighted by Gasteiger charge is 2.07. The first-order valence-corrected chi connectivity index (χ1v) is 4.28. The van der Waals surface area contributed by atoms with Crippen LogP contribution in [0.1, 0.15) is 0 Å². The number of thiol groups is 1. The van der Waals surface area contributed by atoms with Gasteiger partial charge < -0.3 is 5.73 Å². The van der Waals surface area contributed by atoms with E-state index in [9.17, 15) is 9.59 Å². The SMILES string of the molecule is Nc1c(S)ccc2c(=O)[nH][nH]c(=O)c12. The molecule has 0 saturated heterocycles. The molecule has 14 heavy (non-hydrogen) atoms. The predicted molar refractivity (Wildman–Crippen MR) is 56.9 cm³/mol. The lowest BCUT2D eigenvalue weighted by molar-refractivity contribution is 0.976. The highest BCUT2D eigenvalue weighted by atomic mass is 32.1. The average Bonchev–Trinajstić information content (AvgIpc) is 2.16. The summed E-state index contributed by atoms with van der Waals surface area (Å²) in [4.78, 5) is 23.1. The number of nitrogen functional groups attached to an aromatic ring is 1. The summed E-state index contributed by atoms with van der Waals surface area (Å²) in [5.74, 6) is 0. The maximum absolute atomic E-state index is 11.4. The van der Waals surface area contributed by atoms with Crippen LogP contribution in [-0.4, -0.2) is 10.2 Å². The molecule has 0 aliphatic carbocycles. The van der Waals surface area contributed by atoms with Gasteiger partial charge in [-0.2, -0.15) is 0 Å². The molecule has 2 aromatic rings. The number of nitrogens with two attached hydrogens (primary N) is 1. The molecule has 0 radical (unpaired) electrons. The molecule has 1 heterocycles. The third-order valence-electron chi connectivity index (χ3n) is 1.98. The number of hydrogen-bond donors (Lipinski definition) is 4. The van der Waals surface area contributed by atoms with Crippen molar-refractivity contribution in [1.82, 2.24) is 10.2 Å². The molecule has 1 aromatic carbocycles. The Labute approximate surface area is 83.3 Å². The van der Waals surface area contributed by atoms with Crippen molar-refractivity contribution >= 4 is 29.1 Å². The molecule has 0 bridgehead atoms. The maximum atomic E-state index is 11.4. The molecule has 1 aromatic heterocycles. The van der Waals surface area contributed by atoms with Crippen molar-refractivity contribution in [3.63, 3.8) is 0 Å². The fraction of sp³-hybridized carbons (Fsp3) is 0. The second-order valence-corrected chi connectivity index (χ2v) is 3.31. The molecular weight excluding hydrogens is 202 g/mol. The normalized spacial score (nSPS) is 10.6. The number of nitrogens with one attached hydrogen (secondary N) is 2. The van der Waals surface area contributed by atoms with Gasteiger partial charge in [0.1, 0.15) is 0 Å². The van der Waals surface area contributed by atoms with Crippen molar-refractivity contribution < 1.29 is 0 Å². The standard InChI is InChI=1S/C8H7N3O2S/c9-6-4(14)2-1-3-5(6)8(13)11-10-7(3)12/h1-2,14H,9H2,(H,10,12)(H,11,13). The number of aromatic nitrogens is 2. The number of H-pyrrole nitrogens is 2. The molecule has 0 atom stereocenters. The van der Waals surface area contributed by atoms with E-state index in [1.54, 1.807) is 6.07 Å². The van der Waals surface area contributed by atoms with E-state index in [1.807, 2.05) is 0 Å². The van der Waals surface area contributed by atoms with Gasteiger partial charge in [-0.1, -0.05) is 0 Å². The van der Waals surface area contributed by atoms with Crippen LogP contribution < -0.4 is 16.9 Å². The van der Waals surface area contributed by atoms with Crippen molar-refractivity contribution in [1.29, 1.82) is 0 Å². The van der Waals surface area contributed by atoms with E-state index < -0.39 is 5.56 Å². The van der Waals surface area contributed by atoms with Gasteiger partial charge in [0.25, 0.3) is 11.1 Å². The topological polar surface area (TPSA) is 91.7 Å². The monoisotopic (exact) mass is 209 g/mol. The van der Waals surface area contributed by atoms with Gasteiger partial charge in [0.05, 0.1) is 16.5 Å². The lowest BCUT2D eigenvalue weighted by Crippen LogP contribution is -2.20. The summed E-state index contributed by atoms with van der Waals surface area (Å²) in [6.45, 7) is 0. The van der Waals surface area contributed by atoms with Gasteiger partial charge in [-0.3, -0.25) is 19.8 Å². The minimum Gasteiger partial charge on any atom is -0.397 e. The first kappa shape index (κ1) is 8.89. The second-order valence-electron chi connectivity index (χ2n) is 2.83. The van der Waals surface area contributed by atoms with Crippen LogP contribution in [0.3, 0.4) is 0 Å². The molecule has 0 saturated carbocycles. The Hall–Kier alpha value is -1.69.